The zero-order valence-corrected chi connectivity index (χ0v) is 14.3. The van der Waals surface area contributed by atoms with Crippen LogP contribution in [-0.2, 0) is 14.4 Å². The third kappa shape index (κ3) is 8.10. The van der Waals surface area contributed by atoms with Crippen LogP contribution < -0.4 is 0 Å². The van der Waals surface area contributed by atoms with E-state index in [1.807, 2.05) is 6.08 Å². The minimum atomic E-state index is -0.760. The normalized spacial score (nSPS) is 21.2. The third-order valence-corrected chi connectivity index (χ3v) is 4.62. The smallest absolute Gasteiger partial charge is 0.303 e. The number of ketones is 2. The van der Waals surface area contributed by atoms with Gasteiger partial charge in [0.1, 0.15) is 5.78 Å². The van der Waals surface area contributed by atoms with Gasteiger partial charge in [-0.25, -0.2) is 0 Å². The van der Waals surface area contributed by atoms with Crippen LogP contribution in [0.3, 0.4) is 0 Å². The van der Waals surface area contributed by atoms with Crippen molar-refractivity contribution in [3.8, 4) is 0 Å². The lowest BCUT2D eigenvalue weighted by atomic mass is 9.89. The van der Waals surface area contributed by atoms with Crippen LogP contribution in [0.25, 0.3) is 0 Å². The molecule has 1 N–H and O–H groups in total. The fraction of sp³-hybridized carbons (Fsp3) is 0.737. The molecular formula is C19H30O4. The van der Waals surface area contributed by atoms with Gasteiger partial charge in [0.2, 0.25) is 0 Å². The van der Waals surface area contributed by atoms with Crippen molar-refractivity contribution in [3.05, 3.63) is 12.2 Å². The van der Waals surface area contributed by atoms with Gasteiger partial charge in [-0.3, -0.25) is 14.4 Å². The lowest BCUT2D eigenvalue weighted by molar-refractivity contribution is -0.137. The van der Waals surface area contributed by atoms with Gasteiger partial charge in [-0.15, -0.1) is 0 Å². The van der Waals surface area contributed by atoms with Crippen LogP contribution in [0, 0.1) is 11.8 Å². The highest BCUT2D eigenvalue weighted by molar-refractivity contribution is 5.90. The molecule has 0 aromatic rings. The lowest BCUT2D eigenvalue weighted by Crippen LogP contribution is -2.13. The average Bonchev–Trinajstić information content (AvgIpc) is 2.85. The molecule has 0 spiro atoms. The summed E-state index contributed by atoms with van der Waals surface area (Å²) in [5.41, 5.74) is 0. The van der Waals surface area contributed by atoms with E-state index in [-0.39, 0.29) is 24.0 Å². The van der Waals surface area contributed by atoms with Gasteiger partial charge in [-0.2, -0.15) is 0 Å². The highest BCUT2D eigenvalue weighted by atomic mass is 16.4. The first-order valence-corrected chi connectivity index (χ1v) is 9.00. The van der Waals surface area contributed by atoms with Gasteiger partial charge in [-0.1, -0.05) is 38.7 Å². The van der Waals surface area contributed by atoms with Gasteiger partial charge < -0.3 is 5.11 Å². The fourth-order valence-corrected chi connectivity index (χ4v) is 3.22. The molecule has 0 aliphatic heterocycles. The molecule has 0 aromatic heterocycles. The number of rotatable bonds is 12. The maximum absolute atomic E-state index is 12.0. The number of carboxylic acids is 1. The number of carbonyl (C=O) groups is 3. The number of carbonyl (C=O) groups excluding carboxylic acids is 2. The topological polar surface area (TPSA) is 71.4 Å². The quantitative estimate of drug-likeness (QED) is 0.429. The Morgan fingerprint density at radius 2 is 1.87 bits per heavy atom. The number of unbranched alkanes of at least 4 members (excludes halogenated alkanes) is 4. The molecule has 0 saturated heterocycles. The number of aliphatic carboxylic acids is 1. The summed E-state index contributed by atoms with van der Waals surface area (Å²) in [5, 5.41) is 8.61. The zero-order valence-electron chi connectivity index (χ0n) is 14.3. The Balaban J connectivity index is 2.34. The summed E-state index contributed by atoms with van der Waals surface area (Å²) in [5.74, 6) is -0.0738. The van der Waals surface area contributed by atoms with E-state index in [1.165, 1.54) is 0 Å². The molecule has 1 aliphatic carbocycles. The standard InChI is InChI=1S/C19H30O4/c1-2-3-5-8-16(20)13-11-15-12-14-18(21)17(15)9-6-4-7-10-19(22)23/h11,13,15,17H,2-10,12,14H2,1H3,(H,22,23)/b13-11+. The maximum atomic E-state index is 12.0. The molecule has 0 bridgehead atoms. The molecule has 1 saturated carbocycles. The van der Waals surface area contributed by atoms with Crippen LogP contribution in [-0.4, -0.2) is 22.6 Å². The molecule has 1 aliphatic rings. The van der Waals surface area contributed by atoms with E-state index in [2.05, 4.69) is 6.92 Å². The molecule has 0 heterocycles. The summed E-state index contributed by atoms with van der Waals surface area (Å²) >= 11 is 0. The Bertz CT molecular complexity index is 425. The Morgan fingerprint density at radius 1 is 1.13 bits per heavy atom. The van der Waals surface area contributed by atoms with Crippen molar-refractivity contribution >= 4 is 17.5 Å². The van der Waals surface area contributed by atoms with Crippen LogP contribution in [0.2, 0.25) is 0 Å². The predicted molar refractivity (Wildman–Crippen MR) is 90.2 cm³/mol. The SMILES string of the molecule is CCCCCC(=O)/C=C/C1CCC(=O)C1CCCCCC(=O)O. The Morgan fingerprint density at radius 3 is 2.57 bits per heavy atom. The summed E-state index contributed by atoms with van der Waals surface area (Å²) in [6.07, 6.45) is 12.2. The molecule has 1 rings (SSSR count). The second-order valence-electron chi connectivity index (χ2n) is 6.55. The van der Waals surface area contributed by atoms with Crippen LogP contribution in [0.1, 0.15) is 77.6 Å². The first kappa shape index (κ1) is 19.6. The number of carboxylic acid groups (broad SMARTS) is 1. The van der Waals surface area contributed by atoms with Crippen LogP contribution >= 0.6 is 0 Å². The van der Waals surface area contributed by atoms with Gasteiger partial charge in [-0.05, 0) is 37.7 Å². The van der Waals surface area contributed by atoms with Gasteiger partial charge in [0, 0.05) is 25.2 Å². The number of Topliss-reactive ketones (excluding diaryl/α,β-unsaturated/α-hetero) is 1. The Hall–Kier alpha value is -1.45. The summed E-state index contributed by atoms with van der Waals surface area (Å²) in [4.78, 5) is 34.3. The monoisotopic (exact) mass is 322 g/mol. The van der Waals surface area contributed by atoms with Crippen molar-refractivity contribution in [1.82, 2.24) is 0 Å². The van der Waals surface area contributed by atoms with Gasteiger partial charge in [0.15, 0.2) is 5.78 Å². The summed E-state index contributed by atoms with van der Waals surface area (Å²) < 4.78 is 0. The molecular weight excluding hydrogens is 292 g/mol. The maximum Gasteiger partial charge on any atom is 0.303 e. The molecule has 0 aromatic carbocycles. The molecule has 2 unspecified atom stereocenters. The molecule has 0 radical (unpaired) electrons. The van der Waals surface area contributed by atoms with Crippen LogP contribution in [0.15, 0.2) is 12.2 Å². The minimum absolute atomic E-state index is 0.0273. The van der Waals surface area contributed by atoms with E-state index in [0.29, 0.717) is 25.0 Å². The highest BCUT2D eigenvalue weighted by Gasteiger charge is 2.32. The first-order valence-electron chi connectivity index (χ1n) is 9.00. The average molecular weight is 322 g/mol. The van der Waals surface area contributed by atoms with E-state index < -0.39 is 5.97 Å². The molecule has 4 nitrogen and oxygen atoms in total. The number of hydrogen-bond acceptors (Lipinski definition) is 3. The fourth-order valence-electron chi connectivity index (χ4n) is 3.22. The van der Waals surface area contributed by atoms with Crippen LogP contribution in [0.5, 0.6) is 0 Å². The van der Waals surface area contributed by atoms with Crippen molar-refractivity contribution < 1.29 is 19.5 Å². The van der Waals surface area contributed by atoms with Crippen molar-refractivity contribution in [3.63, 3.8) is 0 Å². The molecule has 2 atom stereocenters. The molecule has 1 fully saturated rings. The second-order valence-corrected chi connectivity index (χ2v) is 6.55. The van der Waals surface area contributed by atoms with Gasteiger partial charge >= 0.3 is 5.97 Å². The van der Waals surface area contributed by atoms with Crippen molar-refractivity contribution in [1.29, 1.82) is 0 Å². The Kier molecular flexibility index (Phi) is 9.49. The minimum Gasteiger partial charge on any atom is -0.481 e. The van der Waals surface area contributed by atoms with Gasteiger partial charge in [0.05, 0.1) is 0 Å². The summed E-state index contributed by atoms with van der Waals surface area (Å²) in [6.45, 7) is 2.12. The predicted octanol–water partition coefficient (Wildman–Crippen LogP) is 4.32. The largest absolute Gasteiger partial charge is 0.481 e. The highest BCUT2D eigenvalue weighted by Crippen LogP contribution is 2.33. The third-order valence-electron chi connectivity index (χ3n) is 4.62. The zero-order chi connectivity index (χ0) is 17.1. The van der Waals surface area contributed by atoms with Crippen molar-refractivity contribution in [2.24, 2.45) is 11.8 Å². The first-order chi connectivity index (χ1) is 11.0. The number of hydrogen-bond donors (Lipinski definition) is 1. The van der Waals surface area contributed by atoms with E-state index in [1.54, 1.807) is 6.08 Å². The van der Waals surface area contributed by atoms with Crippen molar-refractivity contribution in [2.45, 2.75) is 77.6 Å². The van der Waals surface area contributed by atoms with Crippen LogP contribution in [0.4, 0.5) is 0 Å². The van der Waals surface area contributed by atoms with E-state index in [0.717, 1.165) is 44.9 Å². The van der Waals surface area contributed by atoms with E-state index >= 15 is 0 Å². The lowest BCUT2D eigenvalue weighted by Gasteiger charge is -2.14. The molecule has 130 valence electrons. The second kappa shape index (κ2) is 11.1. The van der Waals surface area contributed by atoms with E-state index in [9.17, 15) is 14.4 Å². The Labute approximate surface area is 139 Å². The summed E-state index contributed by atoms with van der Waals surface area (Å²) in [7, 11) is 0. The number of allylic oxidation sites excluding steroid dienone is 2. The molecule has 23 heavy (non-hydrogen) atoms. The van der Waals surface area contributed by atoms with Crippen molar-refractivity contribution in [2.75, 3.05) is 0 Å². The van der Waals surface area contributed by atoms with Gasteiger partial charge in [0.25, 0.3) is 0 Å². The summed E-state index contributed by atoms with van der Waals surface area (Å²) in [6, 6.07) is 0. The molecule has 4 heteroatoms. The molecule has 0 amide bonds. The van der Waals surface area contributed by atoms with E-state index in [4.69, 9.17) is 5.11 Å².